The highest BCUT2D eigenvalue weighted by atomic mass is 16.5. The summed E-state index contributed by atoms with van der Waals surface area (Å²) in [6, 6.07) is 19.7. The zero-order chi connectivity index (χ0) is 22.2. The van der Waals surface area contributed by atoms with Crippen molar-refractivity contribution in [3.05, 3.63) is 94.5 Å². The predicted octanol–water partition coefficient (Wildman–Crippen LogP) is 4.36. The minimum atomic E-state index is -0.419. The highest BCUT2D eigenvalue weighted by molar-refractivity contribution is 5.91. The Kier molecular flexibility index (Phi) is 7.17. The van der Waals surface area contributed by atoms with Gasteiger partial charge in [0.2, 0.25) is 0 Å². The van der Waals surface area contributed by atoms with Crippen LogP contribution in [0.3, 0.4) is 0 Å². The fraction of sp³-hybridized carbons (Fsp3) is 0.160. The molecule has 6 heteroatoms. The molecule has 3 aromatic rings. The number of amides is 1. The third-order valence-corrected chi connectivity index (χ3v) is 4.47. The van der Waals surface area contributed by atoms with Crippen LogP contribution in [0.5, 0.6) is 11.5 Å². The van der Waals surface area contributed by atoms with Crippen LogP contribution in [-0.2, 0) is 4.79 Å². The van der Waals surface area contributed by atoms with Gasteiger partial charge < -0.3 is 9.47 Å². The smallest absolute Gasteiger partial charge is 0.343 e. The Morgan fingerprint density at radius 3 is 2.26 bits per heavy atom. The van der Waals surface area contributed by atoms with Crippen LogP contribution in [-0.4, -0.2) is 24.7 Å². The summed E-state index contributed by atoms with van der Waals surface area (Å²) in [5.74, 6) is 0.312. The lowest BCUT2D eigenvalue weighted by Crippen LogP contribution is -2.24. The quantitative estimate of drug-likeness (QED) is 0.269. The molecule has 0 spiro atoms. The van der Waals surface area contributed by atoms with Crippen molar-refractivity contribution in [1.82, 2.24) is 5.43 Å². The van der Waals surface area contributed by atoms with Gasteiger partial charge in [-0.2, -0.15) is 5.10 Å². The molecule has 6 nitrogen and oxygen atoms in total. The molecule has 3 aromatic carbocycles. The molecule has 1 N–H and O–H groups in total. The maximum absolute atomic E-state index is 12.2. The second kappa shape index (κ2) is 10.2. The maximum atomic E-state index is 12.2. The normalized spacial score (nSPS) is 10.7. The first-order valence-electron chi connectivity index (χ1n) is 9.81. The third-order valence-electron chi connectivity index (χ3n) is 4.47. The first-order valence-corrected chi connectivity index (χ1v) is 9.81. The molecule has 0 bridgehead atoms. The molecular formula is C25H24N2O4. The van der Waals surface area contributed by atoms with Gasteiger partial charge in [-0.15, -0.1) is 0 Å². The number of hydrogen-bond acceptors (Lipinski definition) is 5. The van der Waals surface area contributed by atoms with Crippen LogP contribution >= 0.6 is 0 Å². The van der Waals surface area contributed by atoms with Crippen LogP contribution in [0.25, 0.3) is 0 Å². The van der Waals surface area contributed by atoms with Gasteiger partial charge in [-0.3, -0.25) is 4.79 Å². The molecule has 31 heavy (non-hydrogen) atoms. The number of aryl methyl sites for hydroxylation is 3. The van der Waals surface area contributed by atoms with E-state index < -0.39 is 5.97 Å². The second-order valence-electron chi connectivity index (χ2n) is 7.18. The van der Waals surface area contributed by atoms with Crippen molar-refractivity contribution >= 4 is 18.1 Å². The number of carbonyl (C=O) groups excluding carboxylic acids is 2. The zero-order valence-electron chi connectivity index (χ0n) is 17.7. The van der Waals surface area contributed by atoms with Gasteiger partial charge in [-0.25, -0.2) is 10.2 Å². The topological polar surface area (TPSA) is 77.0 Å². The van der Waals surface area contributed by atoms with Crippen molar-refractivity contribution in [2.75, 3.05) is 6.61 Å². The summed E-state index contributed by atoms with van der Waals surface area (Å²) >= 11 is 0. The number of hydrogen-bond donors (Lipinski definition) is 1. The lowest BCUT2D eigenvalue weighted by Gasteiger charge is -2.08. The Balaban J connectivity index is 1.47. The number of ether oxygens (including phenoxy) is 2. The van der Waals surface area contributed by atoms with Gasteiger partial charge in [0.1, 0.15) is 11.5 Å². The van der Waals surface area contributed by atoms with E-state index in [4.69, 9.17) is 9.47 Å². The largest absolute Gasteiger partial charge is 0.483 e. The first-order chi connectivity index (χ1) is 14.9. The van der Waals surface area contributed by atoms with Crippen molar-refractivity contribution in [2.45, 2.75) is 20.8 Å². The Hall–Kier alpha value is -3.93. The Bertz CT molecular complexity index is 1090. The third kappa shape index (κ3) is 6.54. The van der Waals surface area contributed by atoms with E-state index in [0.29, 0.717) is 17.1 Å². The van der Waals surface area contributed by atoms with Gasteiger partial charge in [-0.1, -0.05) is 35.4 Å². The maximum Gasteiger partial charge on any atom is 0.343 e. The molecule has 0 unspecified atom stereocenters. The highest BCUT2D eigenvalue weighted by Crippen LogP contribution is 2.18. The Labute approximate surface area is 181 Å². The lowest BCUT2D eigenvalue weighted by atomic mass is 10.1. The molecule has 158 valence electrons. The van der Waals surface area contributed by atoms with Gasteiger partial charge in [0.25, 0.3) is 5.91 Å². The van der Waals surface area contributed by atoms with Crippen molar-refractivity contribution in [1.29, 1.82) is 0 Å². The van der Waals surface area contributed by atoms with E-state index in [1.54, 1.807) is 36.4 Å². The van der Waals surface area contributed by atoms with E-state index >= 15 is 0 Å². The number of hydrazone groups is 1. The number of rotatable bonds is 7. The molecule has 0 aliphatic heterocycles. The average Bonchev–Trinajstić information content (AvgIpc) is 2.75. The van der Waals surface area contributed by atoms with Crippen LogP contribution in [0.4, 0.5) is 0 Å². The molecule has 0 aromatic heterocycles. The molecule has 0 saturated carbocycles. The molecule has 1 amide bonds. The molecular weight excluding hydrogens is 392 g/mol. The number of esters is 1. The molecule has 0 aliphatic carbocycles. The van der Waals surface area contributed by atoms with Gasteiger partial charge in [0.15, 0.2) is 6.61 Å². The van der Waals surface area contributed by atoms with Gasteiger partial charge in [0.05, 0.1) is 11.8 Å². The minimum Gasteiger partial charge on any atom is -0.483 e. The Morgan fingerprint density at radius 1 is 0.903 bits per heavy atom. The van der Waals surface area contributed by atoms with Crippen molar-refractivity contribution in [3.63, 3.8) is 0 Å². The van der Waals surface area contributed by atoms with Crippen LogP contribution < -0.4 is 14.9 Å². The molecule has 0 fully saturated rings. The summed E-state index contributed by atoms with van der Waals surface area (Å²) in [5.41, 5.74) is 6.83. The van der Waals surface area contributed by atoms with E-state index in [2.05, 4.69) is 10.5 Å². The molecule has 0 heterocycles. The summed E-state index contributed by atoms with van der Waals surface area (Å²) in [5, 5.41) is 3.92. The Morgan fingerprint density at radius 2 is 1.58 bits per heavy atom. The standard InChI is InChI=1S/C25H24N2O4/c1-17-4-9-21(10-5-17)25(29)31-22-11-7-20(8-12-22)15-26-27-24(28)16-30-23-13-6-18(2)14-19(23)3/h4-15H,16H2,1-3H3,(H,27,28). The van der Waals surface area contributed by atoms with Gasteiger partial charge in [-0.05, 0) is 74.4 Å². The van der Waals surface area contributed by atoms with Crippen molar-refractivity contribution < 1.29 is 19.1 Å². The van der Waals surface area contributed by atoms with Crippen molar-refractivity contribution in [2.24, 2.45) is 5.10 Å². The fourth-order valence-corrected chi connectivity index (χ4v) is 2.79. The summed E-state index contributed by atoms with van der Waals surface area (Å²) in [6.45, 7) is 5.75. The summed E-state index contributed by atoms with van der Waals surface area (Å²) in [6.07, 6.45) is 1.50. The zero-order valence-corrected chi connectivity index (χ0v) is 17.7. The fourth-order valence-electron chi connectivity index (χ4n) is 2.79. The van der Waals surface area contributed by atoms with Crippen molar-refractivity contribution in [3.8, 4) is 11.5 Å². The number of carbonyl (C=O) groups is 2. The van der Waals surface area contributed by atoms with E-state index in [1.807, 2.05) is 51.1 Å². The SMILES string of the molecule is Cc1ccc(C(=O)Oc2ccc(C=NNC(=O)COc3ccc(C)cc3C)cc2)cc1. The van der Waals surface area contributed by atoms with E-state index in [9.17, 15) is 9.59 Å². The number of nitrogens with zero attached hydrogens (tertiary/aromatic N) is 1. The van der Waals surface area contributed by atoms with Gasteiger partial charge in [0, 0.05) is 0 Å². The molecule has 0 saturated heterocycles. The highest BCUT2D eigenvalue weighted by Gasteiger charge is 2.08. The van der Waals surface area contributed by atoms with E-state index in [0.717, 1.165) is 22.3 Å². The summed E-state index contributed by atoms with van der Waals surface area (Å²) < 4.78 is 10.9. The van der Waals surface area contributed by atoms with E-state index in [1.165, 1.54) is 6.21 Å². The molecule has 3 rings (SSSR count). The van der Waals surface area contributed by atoms with Crippen LogP contribution in [0.15, 0.2) is 71.8 Å². The monoisotopic (exact) mass is 416 g/mol. The van der Waals surface area contributed by atoms with Crippen LogP contribution in [0.2, 0.25) is 0 Å². The summed E-state index contributed by atoms with van der Waals surface area (Å²) in [4.78, 5) is 24.1. The predicted molar refractivity (Wildman–Crippen MR) is 120 cm³/mol. The lowest BCUT2D eigenvalue weighted by molar-refractivity contribution is -0.123. The molecule has 0 atom stereocenters. The van der Waals surface area contributed by atoms with Crippen LogP contribution in [0, 0.1) is 20.8 Å². The number of benzene rings is 3. The van der Waals surface area contributed by atoms with Crippen LogP contribution in [0.1, 0.15) is 32.6 Å². The second-order valence-corrected chi connectivity index (χ2v) is 7.18. The summed E-state index contributed by atoms with van der Waals surface area (Å²) in [7, 11) is 0. The average molecular weight is 416 g/mol. The van der Waals surface area contributed by atoms with E-state index in [-0.39, 0.29) is 12.5 Å². The first kappa shape index (κ1) is 21.8. The molecule has 0 radical (unpaired) electrons. The van der Waals surface area contributed by atoms with Gasteiger partial charge >= 0.3 is 5.97 Å². The number of nitrogens with one attached hydrogen (secondary N) is 1. The minimum absolute atomic E-state index is 0.130. The molecule has 0 aliphatic rings.